The highest BCUT2D eigenvalue weighted by Gasteiger charge is 2.23. The van der Waals surface area contributed by atoms with Gasteiger partial charge in [0.2, 0.25) is 0 Å². The summed E-state index contributed by atoms with van der Waals surface area (Å²) in [4.78, 5) is 61.9. The van der Waals surface area contributed by atoms with E-state index in [0.29, 0.717) is 127 Å². The van der Waals surface area contributed by atoms with Crippen LogP contribution < -0.4 is 21.1 Å². The van der Waals surface area contributed by atoms with Gasteiger partial charge in [-0.25, -0.2) is 0 Å². The highest BCUT2D eigenvalue weighted by molar-refractivity contribution is 7.85. The fourth-order valence-electron chi connectivity index (χ4n) is 8.75. The zero-order valence-electron chi connectivity index (χ0n) is 45.2. The van der Waals surface area contributed by atoms with Crippen LogP contribution >= 0.6 is 0 Å². The van der Waals surface area contributed by atoms with Gasteiger partial charge in [-0.2, -0.15) is 8.42 Å². The van der Waals surface area contributed by atoms with Crippen LogP contribution in [0.3, 0.4) is 0 Å². The third-order valence-electron chi connectivity index (χ3n) is 13.0. The molecule has 6 bridgehead atoms. The molecule has 75 heavy (non-hydrogen) atoms. The molecule has 0 saturated heterocycles. The zero-order chi connectivity index (χ0) is 54.6. The molecule has 6 N–H and O–H groups in total. The molecule has 0 atom stereocenters. The van der Waals surface area contributed by atoms with Gasteiger partial charge < -0.3 is 35.2 Å². The zero-order valence-corrected chi connectivity index (χ0v) is 46.1. The first-order valence-corrected chi connectivity index (χ1v) is 27.7. The van der Waals surface area contributed by atoms with Crippen LogP contribution in [-0.4, -0.2) is 180 Å². The summed E-state index contributed by atoms with van der Waals surface area (Å²) < 4.78 is 38.9. The number of nitrogens with zero attached hydrogens (tertiary/aromatic N) is 8. The Morgan fingerprint density at radius 3 is 1.48 bits per heavy atom. The molecule has 408 valence electrons. The monoisotopic (exact) mass is 1060 g/mol. The lowest BCUT2D eigenvalue weighted by Crippen LogP contribution is -2.46. The van der Waals surface area contributed by atoms with Gasteiger partial charge in [-0.15, -0.1) is 0 Å². The third kappa shape index (κ3) is 21.7. The number of hydrogen-bond acceptors (Lipinski definition) is 13. The molecule has 0 unspecified atom stereocenters. The van der Waals surface area contributed by atoms with E-state index in [1.807, 2.05) is 69.6 Å². The number of carbonyl (C=O) groups is 3. The number of hydrogen-bond donors (Lipinski definition) is 5. The lowest BCUT2D eigenvalue weighted by Gasteiger charge is -2.29. The molecule has 1 aliphatic rings. The number of nitrogens with two attached hydrogens (primary N) is 1. The van der Waals surface area contributed by atoms with Gasteiger partial charge in [0.1, 0.15) is 5.75 Å². The van der Waals surface area contributed by atoms with E-state index in [0.717, 1.165) is 48.1 Å². The topological polar surface area (TPSA) is 234 Å². The van der Waals surface area contributed by atoms with Gasteiger partial charge in [0.25, 0.3) is 21.9 Å². The number of rotatable bonds is 23. The molecule has 1 aromatic carbocycles. The number of carbonyl (C=O) groups excluding carboxylic acids is 2. The van der Waals surface area contributed by atoms with Gasteiger partial charge in [0, 0.05) is 67.9 Å². The molecule has 4 aromatic rings. The Kier molecular flexibility index (Phi) is 23.1. The first-order chi connectivity index (χ1) is 35.6. The molecular weight excluding hydrogens is 975 g/mol. The van der Waals surface area contributed by atoms with Gasteiger partial charge in [-0.05, 0) is 93.1 Å². The molecule has 0 aliphatic carbocycles. The number of nitrogens with one attached hydrogen (secondary N) is 2. The second kappa shape index (κ2) is 28.9. The average molecular weight is 1060 g/mol. The van der Waals surface area contributed by atoms with Crippen molar-refractivity contribution in [2.75, 3.05) is 106 Å². The Morgan fingerprint density at radius 2 is 1.07 bits per heavy atom. The highest BCUT2D eigenvalue weighted by Crippen LogP contribution is 2.20. The minimum Gasteiger partial charge on any atom is -0.494 e. The molecule has 19 nitrogen and oxygen atoms in total. The minimum absolute atomic E-state index is 0.0780. The average Bonchev–Trinajstić information content (AvgIpc) is 3.33. The van der Waals surface area contributed by atoms with Gasteiger partial charge in [0.15, 0.2) is 0 Å². The molecule has 0 radical (unpaired) electrons. The van der Waals surface area contributed by atoms with Crippen LogP contribution in [0, 0.1) is 11.8 Å². The maximum absolute atomic E-state index is 14.0. The van der Waals surface area contributed by atoms with E-state index in [2.05, 4.69) is 60.2 Å². The number of likely N-dealkylation sites (N-methyl/N-ethyl adjacent to an activating group) is 2. The second-order valence-electron chi connectivity index (χ2n) is 20.7. The number of ether oxygens (including phenoxy) is 1. The number of pyridine rings is 3. The van der Waals surface area contributed by atoms with Gasteiger partial charge in [-0.3, -0.25) is 48.6 Å². The normalized spacial score (nSPS) is 14.3. The molecule has 3 aromatic heterocycles. The third-order valence-corrected chi connectivity index (χ3v) is 13.8. The molecule has 0 saturated carbocycles. The number of quaternary nitrogens is 2. The van der Waals surface area contributed by atoms with E-state index in [1.54, 1.807) is 17.0 Å². The Balaban J connectivity index is 1.55. The van der Waals surface area contributed by atoms with Crippen molar-refractivity contribution in [1.29, 1.82) is 0 Å². The van der Waals surface area contributed by atoms with Crippen molar-refractivity contribution in [2.45, 2.75) is 85.7 Å². The van der Waals surface area contributed by atoms with Crippen LogP contribution in [0.4, 0.5) is 0 Å². The van der Waals surface area contributed by atoms with Crippen molar-refractivity contribution in [2.24, 2.45) is 5.73 Å². The number of benzene rings is 1. The van der Waals surface area contributed by atoms with E-state index in [9.17, 15) is 32.5 Å². The van der Waals surface area contributed by atoms with Crippen LogP contribution in [0.25, 0.3) is 0 Å². The maximum atomic E-state index is 14.0. The van der Waals surface area contributed by atoms with Crippen LogP contribution in [0.2, 0.25) is 0 Å². The molecule has 20 heteroatoms. The highest BCUT2D eigenvalue weighted by atomic mass is 32.2. The first-order valence-electron chi connectivity index (χ1n) is 26.1. The molecular formula is C55H81N11O8S+2. The predicted molar refractivity (Wildman–Crippen MR) is 290 cm³/mol. The predicted octanol–water partition coefficient (Wildman–Crippen LogP) is 4.13. The Morgan fingerprint density at radius 1 is 0.640 bits per heavy atom. The van der Waals surface area contributed by atoms with E-state index >= 15 is 0 Å². The van der Waals surface area contributed by atoms with Crippen molar-refractivity contribution in [3.8, 4) is 17.6 Å². The van der Waals surface area contributed by atoms with Crippen molar-refractivity contribution in [1.82, 2.24) is 40.3 Å². The van der Waals surface area contributed by atoms with Crippen molar-refractivity contribution in [3.63, 3.8) is 0 Å². The number of amides is 2. The van der Waals surface area contributed by atoms with Crippen molar-refractivity contribution in [3.05, 3.63) is 117 Å². The van der Waals surface area contributed by atoms with Crippen LogP contribution in [-0.2, 0) is 54.2 Å². The number of aliphatic carboxylic acids is 1. The van der Waals surface area contributed by atoms with Crippen molar-refractivity contribution < 1.29 is 46.2 Å². The molecule has 4 heterocycles. The summed E-state index contributed by atoms with van der Waals surface area (Å²) in [7, 11) is 4.13. The minimum atomic E-state index is -4.09. The molecule has 5 rings (SSSR count). The summed E-state index contributed by atoms with van der Waals surface area (Å²) in [6, 6.07) is 18.5. The van der Waals surface area contributed by atoms with Gasteiger partial charge in [-0.1, -0.05) is 39.0 Å². The van der Waals surface area contributed by atoms with E-state index in [-0.39, 0.29) is 50.2 Å². The molecule has 2 amide bonds. The van der Waals surface area contributed by atoms with Gasteiger partial charge >= 0.3 is 5.97 Å². The number of aromatic nitrogens is 3. The maximum Gasteiger partial charge on any atom is 0.317 e. The largest absolute Gasteiger partial charge is 0.494 e. The smallest absolute Gasteiger partial charge is 0.317 e. The Labute approximate surface area is 444 Å². The van der Waals surface area contributed by atoms with Gasteiger partial charge in [0.05, 0.1) is 121 Å². The molecule has 0 spiro atoms. The Bertz CT molecular complexity index is 2710. The van der Waals surface area contributed by atoms with E-state index in [4.69, 9.17) is 25.4 Å². The summed E-state index contributed by atoms with van der Waals surface area (Å²) in [5.74, 6) is 5.41. The lowest BCUT2D eigenvalue weighted by atomic mass is 10.1. The van der Waals surface area contributed by atoms with Crippen LogP contribution in [0.5, 0.6) is 5.75 Å². The summed E-state index contributed by atoms with van der Waals surface area (Å²) in [5.41, 5.74) is 11.7. The summed E-state index contributed by atoms with van der Waals surface area (Å²) in [6.45, 7) is 13.5. The summed E-state index contributed by atoms with van der Waals surface area (Å²) in [6.07, 6.45) is 3.22. The van der Waals surface area contributed by atoms with E-state index in [1.165, 1.54) is 0 Å². The quantitative estimate of drug-likeness (QED) is 0.0304. The number of unbranched alkanes of at least 4 members (excludes halogenated alkanes) is 1. The number of fused-ring (bicyclic) bond motifs is 6. The van der Waals surface area contributed by atoms with Crippen LogP contribution in [0.1, 0.15) is 112 Å². The fourth-order valence-corrected chi connectivity index (χ4v) is 9.24. The summed E-state index contributed by atoms with van der Waals surface area (Å²) >= 11 is 0. The second-order valence-corrected chi connectivity index (χ2v) is 22.3. The number of carboxylic acids is 1. The fraction of sp³-hybridized carbons (Fsp3) is 0.527. The SMILES string of the molecule is CCCC[N+](C)(C)CCNC(=O)c1cc2nc(c1)CN(CC)Cc1cc(C(=O)NCC[N+](C)(C)CCCS(=O)(=O)O)cc(n1)CN(CC(=O)O)Cc1cc(C#Cc3ccc(OCCCN)cc3)cc(n1)CN(CC)C2. The Hall–Kier alpha value is -5.89. The summed E-state index contributed by atoms with van der Waals surface area (Å²) in [5, 5.41) is 16.4. The molecule has 1 aliphatic heterocycles. The van der Waals surface area contributed by atoms with E-state index < -0.39 is 16.1 Å². The molecule has 0 fully saturated rings. The lowest BCUT2D eigenvalue weighted by molar-refractivity contribution is -0.889. The standard InChI is InChI=1S/C55H79N11O8S/c1-8-11-23-65(4,5)25-21-57-54(69)44-31-48-36-62(9-2)35-46-29-43(15-14-42-16-18-52(19-17-42)74-27-12-20-56)30-47(59-46)39-64(41-53(67)68)40-51-34-45(33-50(61-51)38-63(10-3)37-49(32-44)60-48)55(70)58-22-26-66(6,7)24-13-28-75(71,72)73/h16-19,29-34H,8-13,20-28,35-41,56H2,1-7H3,(H2-2,57,58,67,68,69,70,71,72,73)/p+2. The first kappa shape index (κ1) is 60.0. The number of carboxylic acid groups (broad SMARTS) is 1. The van der Waals surface area contributed by atoms with Crippen molar-refractivity contribution >= 4 is 27.9 Å². The van der Waals surface area contributed by atoms with Crippen LogP contribution in [0.15, 0.2) is 60.7 Å².